The van der Waals surface area contributed by atoms with Gasteiger partial charge >= 0.3 is 0 Å². The highest BCUT2D eigenvalue weighted by molar-refractivity contribution is 6.80. The second-order valence-electron chi connectivity index (χ2n) is 3.86. The van der Waals surface area contributed by atoms with Crippen LogP contribution in [0.5, 0.6) is 0 Å². The second kappa shape index (κ2) is 6.20. The summed E-state index contributed by atoms with van der Waals surface area (Å²) in [6.45, 7) is 11.7. The molecular formula is C10H19OSi. The third-order valence-corrected chi connectivity index (χ3v) is 2.49. The average Bonchev–Trinajstić information content (AvgIpc) is 1.94. The molecule has 0 amide bonds. The third-order valence-electron chi connectivity index (χ3n) is 1.25. The van der Waals surface area contributed by atoms with Crippen LogP contribution in [0.1, 0.15) is 6.42 Å². The number of hydrogen-bond donors (Lipinski definition) is 0. The fourth-order valence-electron chi connectivity index (χ4n) is 0.733. The van der Waals surface area contributed by atoms with Gasteiger partial charge in [0.05, 0.1) is 21.3 Å². The lowest BCUT2D eigenvalue weighted by Gasteiger charge is -2.07. The summed E-state index contributed by atoms with van der Waals surface area (Å²) in [5.41, 5.74) is 2.34. The monoisotopic (exact) mass is 183 g/mol. The van der Waals surface area contributed by atoms with Gasteiger partial charge in [0.1, 0.15) is 0 Å². The topological polar surface area (TPSA) is 9.23 Å². The van der Waals surface area contributed by atoms with Gasteiger partial charge in [-0.3, -0.25) is 0 Å². The maximum absolute atomic E-state index is 5.19. The van der Waals surface area contributed by atoms with Crippen LogP contribution < -0.4 is 0 Å². The van der Waals surface area contributed by atoms with Gasteiger partial charge in [-0.25, -0.2) is 0 Å². The summed E-state index contributed by atoms with van der Waals surface area (Å²) >= 11 is 0. The van der Waals surface area contributed by atoms with Crippen LogP contribution in [0.25, 0.3) is 0 Å². The van der Waals surface area contributed by atoms with Crippen molar-refractivity contribution in [3.8, 4) is 0 Å². The molecule has 0 aliphatic heterocycles. The van der Waals surface area contributed by atoms with Crippen LogP contribution >= 0.6 is 0 Å². The van der Waals surface area contributed by atoms with E-state index in [4.69, 9.17) is 4.74 Å². The predicted octanol–water partition coefficient (Wildman–Crippen LogP) is 2.82. The first-order chi connectivity index (χ1) is 5.56. The molecule has 0 aromatic carbocycles. The molecule has 69 valence electrons. The fourth-order valence-corrected chi connectivity index (χ4v) is 1.61. The van der Waals surface area contributed by atoms with Crippen molar-refractivity contribution in [2.45, 2.75) is 26.1 Å². The van der Waals surface area contributed by atoms with Crippen LogP contribution in [-0.4, -0.2) is 21.3 Å². The molecule has 0 saturated carbocycles. The van der Waals surface area contributed by atoms with E-state index in [1.54, 1.807) is 0 Å². The average molecular weight is 183 g/mol. The fraction of sp³-hybridized carbons (Fsp3) is 0.600. The second-order valence-corrected chi connectivity index (χ2v) is 8.93. The van der Waals surface area contributed by atoms with Crippen molar-refractivity contribution in [3.05, 3.63) is 24.4 Å². The number of hydrogen-bond acceptors (Lipinski definition) is 1. The zero-order valence-electron chi connectivity index (χ0n) is 8.39. The lowest BCUT2D eigenvalue weighted by Crippen LogP contribution is -2.15. The highest BCUT2D eigenvalue weighted by Crippen LogP contribution is 2.02. The Morgan fingerprint density at radius 1 is 1.42 bits per heavy atom. The molecule has 0 aromatic heterocycles. The Kier molecular flexibility index (Phi) is 6.03. The molecule has 0 saturated heterocycles. The minimum absolute atomic E-state index is 0.542. The molecule has 0 N–H and O–H groups in total. The summed E-state index contributed by atoms with van der Waals surface area (Å²) in [6.07, 6.45) is 5.91. The van der Waals surface area contributed by atoms with Gasteiger partial charge in [0.15, 0.2) is 0 Å². The summed E-state index contributed by atoms with van der Waals surface area (Å²) < 4.78 is 5.19. The maximum Gasteiger partial charge on any atom is 0.0714 e. The third kappa shape index (κ3) is 9.66. The Morgan fingerprint density at radius 2 is 2.08 bits per heavy atom. The molecule has 12 heavy (non-hydrogen) atoms. The molecule has 0 heterocycles. The zero-order valence-corrected chi connectivity index (χ0v) is 9.39. The molecule has 0 spiro atoms. The van der Waals surface area contributed by atoms with Crippen LogP contribution in [0, 0.1) is 6.08 Å². The SMILES string of the molecule is C=[C]COCC/C=C/[Si](C)(C)C. The summed E-state index contributed by atoms with van der Waals surface area (Å²) in [4.78, 5) is 0. The molecule has 1 radical (unpaired) electrons. The van der Waals surface area contributed by atoms with Crippen molar-refractivity contribution < 1.29 is 4.74 Å². The Bertz CT molecular complexity index is 144. The van der Waals surface area contributed by atoms with Gasteiger partial charge in [-0.15, -0.1) is 0 Å². The molecule has 0 aromatic rings. The van der Waals surface area contributed by atoms with E-state index in [2.05, 4.69) is 44.1 Å². The van der Waals surface area contributed by atoms with E-state index in [0.29, 0.717) is 6.61 Å². The lowest BCUT2D eigenvalue weighted by atomic mass is 10.4. The van der Waals surface area contributed by atoms with Gasteiger partial charge in [-0.1, -0.05) is 38.0 Å². The normalized spacial score (nSPS) is 12.2. The van der Waals surface area contributed by atoms with Crippen molar-refractivity contribution in [1.82, 2.24) is 0 Å². The summed E-state index contributed by atoms with van der Waals surface area (Å²) in [5.74, 6) is 0. The predicted molar refractivity (Wildman–Crippen MR) is 56.8 cm³/mol. The van der Waals surface area contributed by atoms with Gasteiger partial charge < -0.3 is 4.74 Å². The highest BCUT2D eigenvalue weighted by atomic mass is 28.3. The maximum atomic E-state index is 5.19. The molecule has 2 heteroatoms. The summed E-state index contributed by atoms with van der Waals surface area (Å²) in [5, 5.41) is 0. The molecule has 0 aliphatic rings. The van der Waals surface area contributed by atoms with E-state index >= 15 is 0 Å². The van der Waals surface area contributed by atoms with Crippen LogP contribution in [0.4, 0.5) is 0 Å². The van der Waals surface area contributed by atoms with Gasteiger partial charge in [0, 0.05) is 0 Å². The molecule has 0 aliphatic carbocycles. The van der Waals surface area contributed by atoms with Crippen LogP contribution in [0.2, 0.25) is 19.6 Å². The van der Waals surface area contributed by atoms with E-state index in [9.17, 15) is 0 Å². The van der Waals surface area contributed by atoms with Crippen molar-refractivity contribution in [2.24, 2.45) is 0 Å². The lowest BCUT2D eigenvalue weighted by molar-refractivity contribution is 0.164. The quantitative estimate of drug-likeness (QED) is 0.454. The van der Waals surface area contributed by atoms with Crippen LogP contribution in [0.3, 0.4) is 0 Å². The van der Waals surface area contributed by atoms with E-state index < -0.39 is 8.07 Å². The molecule has 1 nitrogen and oxygen atoms in total. The van der Waals surface area contributed by atoms with Crippen molar-refractivity contribution in [2.75, 3.05) is 13.2 Å². The Labute approximate surface area is 77.1 Å². The van der Waals surface area contributed by atoms with Crippen molar-refractivity contribution in [1.29, 1.82) is 0 Å². The summed E-state index contributed by atoms with van der Waals surface area (Å²) in [6, 6.07) is 0. The standard InChI is InChI=1S/C10H19OSi/c1-5-8-11-9-6-7-10-12(2,3)4/h7,10H,1,6,8-9H2,2-4H3/b10-7+. The molecule has 0 fully saturated rings. The van der Waals surface area contributed by atoms with Gasteiger partial charge in [0.2, 0.25) is 0 Å². The molecule has 0 bridgehead atoms. The van der Waals surface area contributed by atoms with E-state index in [-0.39, 0.29) is 0 Å². The minimum Gasteiger partial charge on any atom is -0.376 e. The molecule has 0 unspecified atom stereocenters. The summed E-state index contributed by atoms with van der Waals surface area (Å²) in [7, 11) is -0.990. The van der Waals surface area contributed by atoms with E-state index in [0.717, 1.165) is 13.0 Å². The first-order valence-corrected chi connectivity index (χ1v) is 7.89. The van der Waals surface area contributed by atoms with E-state index in [1.807, 2.05) is 0 Å². The molecular weight excluding hydrogens is 164 g/mol. The van der Waals surface area contributed by atoms with Gasteiger partial charge in [-0.2, -0.15) is 0 Å². The van der Waals surface area contributed by atoms with Gasteiger partial charge in [-0.05, 0) is 12.5 Å². The number of rotatable bonds is 6. The minimum atomic E-state index is -0.990. The molecule has 0 rings (SSSR count). The first kappa shape index (κ1) is 11.7. The van der Waals surface area contributed by atoms with Gasteiger partial charge in [0.25, 0.3) is 0 Å². The van der Waals surface area contributed by atoms with Crippen LogP contribution in [-0.2, 0) is 4.74 Å². The van der Waals surface area contributed by atoms with Crippen LogP contribution in [0.15, 0.2) is 18.4 Å². The molecule has 0 atom stereocenters. The Morgan fingerprint density at radius 3 is 2.58 bits per heavy atom. The van der Waals surface area contributed by atoms with Crippen molar-refractivity contribution in [3.63, 3.8) is 0 Å². The smallest absolute Gasteiger partial charge is 0.0714 e. The largest absolute Gasteiger partial charge is 0.376 e. The Hall–Kier alpha value is -0.343. The Balaban J connectivity index is 3.30. The first-order valence-electron chi connectivity index (χ1n) is 4.31. The number of ether oxygens (including phenoxy) is 1. The van der Waals surface area contributed by atoms with Crippen molar-refractivity contribution >= 4 is 8.07 Å². The zero-order chi connectivity index (χ0) is 9.45. The highest BCUT2D eigenvalue weighted by Gasteiger charge is 2.05. The van der Waals surface area contributed by atoms with E-state index in [1.165, 1.54) is 0 Å².